The van der Waals surface area contributed by atoms with Crippen molar-refractivity contribution in [1.29, 1.82) is 0 Å². The second-order valence-electron chi connectivity index (χ2n) is 2.65. The molecule has 0 atom stereocenters. The van der Waals surface area contributed by atoms with Crippen LogP contribution in [0.25, 0.3) is 0 Å². The van der Waals surface area contributed by atoms with E-state index in [1.54, 1.807) is 0 Å². The van der Waals surface area contributed by atoms with Crippen molar-refractivity contribution in [3.63, 3.8) is 0 Å². The first-order valence-corrected chi connectivity index (χ1v) is 4.48. The molecule has 0 saturated heterocycles. The monoisotopic (exact) mass is 228 g/mol. The van der Waals surface area contributed by atoms with Gasteiger partial charge in [-0.15, -0.1) is 0 Å². The van der Waals surface area contributed by atoms with Gasteiger partial charge in [-0.25, -0.2) is 9.97 Å². The summed E-state index contributed by atoms with van der Waals surface area (Å²) >= 11 is 5.66. The Labute approximate surface area is 91.1 Å². The fraction of sp³-hybridized carbons (Fsp3) is 0.250. The van der Waals surface area contributed by atoms with E-state index >= 15 is 0 Å². The molecule has 0 bridgehead atoms. The minimum Gasteiger partial charge on any atom is -0.347 e. The second-order valence-corrected chi connectivity index (χ2v) is 3.01. The Kier molecular flexibility index (Phi) is 3.99. The zero-order valence-electron chi connectivity index (χ0n) is 7.95. The molecule has 80 valence electrons. The van der Waals surface area contributed by atoms with E-state index in [4.69, 9.17) is 11.6 Å². The Morgan fingerprint density at radius 2 is 2.07 bits per heavy atom. The largest absolute Gasteiger partial charge is 0.347 e. The number of carbonyl (C=O) groups excluding carboxylic acids is 2. The molecule has 2 amide bonds. The van der Waals surface area contributed by atoms with Crippen LogP contribution in [-0.4, -0.2) is 28.3 Å². The number of anilines is 1. The second kappa shape index (κ2) is 5.26. The van der Waals surface area contributed by atoms with Crippen molar-refractivity contribution >= 4 is 29.2 Å². The topological polar surface area (TPSA) is 84.0 Å². The number of halogens is 1. The molecule has 0 spiro atoms. The molecule has 6 nitrogen and oxygen atoms in total. The van der Waals surface area contributed by atoms with Gasteiger partial charge in [0.25, 0.3) is 0 Å². The SMILES string of the molecule is CC(=O)NCC(=O)Nc1nccnc1Cl. The number of amides is 2. The third-order valence-electron chi connectivity index (χ3n) is 1.41. The quantitative estimate of drug-likeness (QED) is 0.774. The Hall–Kier alpha value is -1.69. The zero-order chi connectivity index (χ0) is 11.3. The fourth-order valence-electron chi connectivity index (χ4n) is 0.786. The smallest absolute Gasteiger partial charge is 0.245 e. The summed E-state index contributed by atoms with van der Waals surface area (Å²) in [5.41, 5.74) is 0. The number of hydrogen-bond acceptors (Lipinski definition) is 4. The van der Waals surface area contributed by atoms with Gasteiger partial charge >= 0.3 is 0 Å². The van der Waals surface area contributed by atoms with Crippen LogP contribution in [0, 0.1) is 0 Å². The summed E-state index contributed by atoms with van der Waals surface area (Å²) in [6.45, 7) is 1.20. The van der Waals surface area contributed by atoms with E-state index in [2.05, 4.69) is 20.6 Å². The van der Waals surface area contributed by atoms with Crippen LogP contribution in [-0.2, 0) is 9.59 Å². The average molecular weight is 229 g/mol. The third kappa shape index (κ3) is 3.90. The Morgan fingerprint density at radius 1 is 1.40 bits per heavy atom. The van der Waals surface area contributed by atoms with Gasteiger partial charge in [-0.05, 0) is 0 Å². The fourth-order valence-corrected chi connectivity index (χ4v) is 0.938. The summed E-state index contributed by atoms with van der Waals surface area (Å²) in [6, 6.07) is 0. The highest BCUT2D eigenvalue weighted by atomic mass is 35.5. The normalized spacial score (nSPS) is 9.47. The third-order valence-corrected chi connectivity index (χ3v) is 1.69. The predicted octanol–water partition coefficient (Wildman–Crippen LogP) is 0.205. The lowest BCUT2D eigenvalue weighted by atomic mass is 10.5. The molecule has 1 aromatic rings. The molecule has 1 aromatic heterocycles. The summed E-state index contributed by atoms with van der Waals surface area (Å²) in [4.78, 5) is 29.3. The number of hydrogen-bond donors (Lipinski definition) is 2. The van der Waals surface area contributed by atoms with E-state index in [-0.39, 0.29) is 23.4 Å². The van der Waals surface area contributed by atoms with E-state index in [9.17, 15) is 9.59 Å². The lowest BCUT2D eigenvalue weighted by Crippen LogP contribution is -2.31. The molecular weight excluding hydrogens is 220 g/mol. The van der Waals surface area contributed by atoms with Crippen LogP contribution < -0.4 is 10.6 Å². The number of nitrogens with one attached hydrogen (secondary N) is 2. The van der Waals surface area contributed by atoms with Crippen molar-refractivity contribution < 1.29 is 9.59 Å². The Bertz CT molecular complexity index is 383. The van der Waals surface area contributed by atoms with E-state index in [1.807, 2.05) is 0 Å². The van der Waals surface area contributed by atoms with Gasteiger partial charge in [0.15, 0.2) is 11.0 Å². The first-order chi connectivity index (χ1) is 7.09. The molecule has 7 heteroatoms. The van der Waals surface area contributed by atoms with Crippen LogP contribution in [0.15, 0.2) is 12.4 Å². The number of rotatable bonds is 3. The van der Waals surface area contributed by atoms with E-state index in [1.165, 1.54) is 19.3 Å². The van der Waals surface area contributed by atoms with Crippen molar-refractivity contribution in [1.82, 2.24) is 15.3 Å². The minimum atomic E-state index is -0.410. The van der Waals surface area contributed by atoms with Crippen molar-refractivity contribution in [2.45, 2.75) is 6.92 Å². The van der Waals surface area contributed by atoms with Crippen molar-refractivity contribution in [3.8, 4) is 0 Å². The number of aromatic nitrogens is 2. The lowest BCUT2D eigenvalue weighted by molar-refractivity contribution is -0.122. The molecule has 0 aliphatic carbocycles. The van der Waals surface area contributed by atoms with Crippen LogP contribution in [0.5, 0.6) is 0 Å². The molecule has 0 fully saturated rings. The molecule has 0 aliphatic rings. The van der Waals surface area contributed by atoms with Gasteiger partial charge in [-0.2, -0.15) is 0 Å². The first-order valence-electron chi connectivity index (χ1n) is 4.10. The maximum absolute atomic E-state index is 11.2. The summed E-state index contributed by atoms with van der Waals surface area (Å²) in [6.07, 6.45) is 2.81. The molecular formula is C8H9ClN4O2. The first kappa shape index (κ1) is 11.4. The predicted molar refractivity (Wildman–Crippen MR) is 54.4 cm³/mol. The summed E-state index contributed by atoms with van der Waals surface area (Å²) in [5, 5.41) is 4.85. The highest BCUT2D eigenvalue weighted by Gasteiger charge is 2.07. The van der Waals surface area contributed by atoms with Crippen molar-refractivity contribution in [2.24, 2.45) is 0 Å². The van der Waals surface area contributed by atoms with E-state index < -0.39 is 5.91 Å². The standard InChI is InChI=1S/C8H9ClN4O2/c1-5(14)12-4-6(15)13-8-7(9)10-2-3-11-8/h2-3H,4H2,1H3,(H,12,14)(H,11,13,15). The van der Waals surface area contributed by atoms with Gasteiger partial charge in [-0.1, -0.05) is 11.6 Å². The molecule has 15 heavy (non-hydrogen) atoms. The van der Waals surface area contributed by atoms with E-state index in [0.29, 0.717) is 0 Å². The Morgan fingerprint density at radius 3 is 2.67 bits per heavy atom. The van der Waals surface area contributed by atoms with Gasteiger partial charge < -0.3 is 10.6 Å². The van der Waals surface area contributed by atoms with Crippen molar-refractivity contribution in [2.75, 3.05) is 11.9 Å². The minimum absolute atomic E-state index is 0.105. The highest BCUT2D eigenvalue weighted by molar-refractivity contribution is 6.32. The maximum atomic E-state index is 11.2. The highest BCUT2D eigenvalue weighted by Crippen LogP contribution is 2.13. The summed E-state index contributed by atoms with van der Waals surface area (Å²) in [5.74, 6) is -0.516. The van der Waals surface area contributed by atoms with Crippen LogP contribution >= 0.6 is 11.6 Å². The summed E-state index contributed by atoms with van der Waals surface area (Å²) in [7, 11) is 0. The number of carbonyl (C=O) groups is 2. The van der Waals surface area contributed by atoms with Gasteiger partial charge in [0.1, 0.15) is 0 Å². The van der Waals surface area contributed by atoms with Crippen LogP contribution in [0.4, 0.5) is 5.82 Å². The molecule has 0 aliphatic heterocycles. The van der Waals surface area contributed by atoms with Crippen molar-refractivity contribution in [3.05, 3.63) is 17.5 Å². The molecule has 2 N–H and O–H groups in total. The van der Waals surface area contributed by atoms with Crippen LogP contribution in [0.2, 0.25) is 5.15 Å². The zero-order valence-corrected chi connectivity index (χ0v) is 8.71. The summed E-state index contributed by atoms with van der Waals surface area (Å²) < 4.78 is 0. The van der Waals surface area contributed by atoms with Gasteiger partial charge in [0.05, 0.1) is 6.54 Å². The number of nitrogens with zero attached hydrogens (tertiary/aromatic N) is 2. The van der Waals surface area contributed by atoms with Gasteiger partial charge in [0, 0.05) is 19.3 Å². The maximum Gasteiger partial charge on any atom is 0.245 e. The van der Waals surface area contributed by atoms with E-state index in [0.717, 1.165) is 0 Å². The molecule has 0 radical (unpaired) electrons. The Balaban J connectivity index is 2.52. The molecule has 0 aromatic carbocycles. The lowest BCUT2D eigenvalue weighted by Gasteiger charge is -2.04. The molecule has 1 rings (SSSR count). The average Bonchev–Trinajstić information content (AvgIpc) is 2.18. The molecule has 1 heterocycles. The van der Waals surface area contributed by atoms with Gasteiger partial charge in [-0.3, -0.25) is 9.59 Å². The van der Waals surface area contributed by atoms with Gasteiger partial charge in [0.2, 0.25) is 11.8 Å². The molecule has 0 unspecified atom stereocenters. The molecule has 0 saturated carbocycles. The van der Waals surface area contributed by atoms with Crippen LogP contribution in [0.3, 0.4) is 0 Å². The van der Waals surface area contributed by atoms with Crippen LogP contribution in [0.1, 0.15) is 6.92 Å².